The van der Waals surface area contributed by atoms with Gasteiger partial charge in [0.15, 0.2) is 6.10 Å². The molecule has 65 heavy (non-hydrogen) atoms. The molecule has 0 saturated carbocycles. The molecule has 0 aliphatic heterocycles. The van der Waals surface area contributed by atoms with E-state index < -0.39 is 6.10 Å². The van der Waals surface area contributed by atoms with Gasteiger partial charge in [0, 0.05) is 19.3 Å². The van der Waals surface area contributed by atoms with E-state index in [9.17, 15) is 14.4 Å². The van der Waals surface area contributed by atoms with Crippen molar-refractivity contribution in [1.29, 1.82) is 0 Å². The standard InChI is InChI=1S/C59H108O6/c1-4-7-10-13-16-19-22-25-27-28-29-30-32-34-37-40-43-46-49-52-58(61)64-55-56(54-63-57(60)51-48-45-42-39-36-33-24-21-18-15-12-9-6-3)65-59(62)53-50-47-44-41-38-35-31-26-23-20-17-14-11-8-5-2/h17,20,23,26,33,36,56H,4-16,18-19,21-22,24-25,27-32,34-35,37-55H2,1-3H3/b20-17-,26-23-,36-33-. The van der Waals surface area contributed by atoms with Crippen LogP contribution >= 0.6 is 0 Å². The third kappa shape index (κ3) is 52.5. The third-order valence-corrected chi connectivity index (χ3v) is 12.6. The summed E-state index contributed by atoms with van der Waals surface area (Å²) in [6, 6.07) is 0. The predicted octanol–water partition coefficient (Wildman–Crippen LogP) is 18.9. The lowest BCUT2D eigenvalue weighted by Gasteiger charge is -2.18. The summed E-state index contributed by atoms with van der Waals surface area (Å²) in [6.45, 7) is 6.62. The lowest BCUT2D eigenvalue weighted by molar-refractivity contribution is -0.167. The highest BCUT2D eigenvalue weighted by molar-refractivity contribution is 5.71. The van der Waals surface area contributed by atoms with E-state index in [1.165, 1.54) is 186 Å². The Labute approximate surface area is 404 Å². The summed E-state index contributed by atoms with van der Waals surface area (Å²) in [5.74, 6) is -0.891. The number of rotatable bonds is 52. The van der Waals surface area contributed by atoms with Crippen LogP contribution in [0.2, 0.25) is 0 Å². The Morgan fingerprint density at radius 2 is 0.554 bits per heavy atom. The first-order valence-electron chi connectivity index (χ1n) is 28.5. The molecule has 0 heterocycles. The van der Waals surface area contributed by atoms with Gasteiger partial charge in [0.25, 0.3) is 0 Å². The van der Waals surface area contributed by atoms with Gasteiger partial charge in [-0.3, -0.25) is 14.4 Å². The maximum atomic E-state index is 12.8. The summed E-state index contributed by atoms with van der Waals surface area (Å²) in [7, 11) is 0. The van der Waals surface area contributed by atoms with Crippen molar-refractivity contribution in [1.82, 2.24) is 0 Å². The SMILES string of the molecule is CCCCC/C=C\C=C/CCCCCCCCC(=O)OC(COC(=O)CCCCC/C=C\CCCCCCCC)COC(=O)CCCCCCCCCCCCCCCCCCCCC. The van der Waals surface area contributed by atoms with Gasteiger partial charge in [-0.05, 0) is 70.6 Å². The largest absolute Gasteiger partial charge is 0.462 e. The van der Waals surface area contributed by atoms with Crippen LogP contribution in [0.15, 0.2) is 36.5 Å². The maximum Gasteiger partial charge on any atom is 0.306 e. The number of allylic oxidation sites excluding steroid dienone is 6. The Hall–Kier alpha value is -2.37. The van der Waals surface area contributed by atoms with Gasteiger partial charge in [-0.25, -0.2) is 0 Å². The van der Waals surface area contributed by atoms with Crippen molar-refractivity contribution in [3.8, 4) is 0 Å². The molecule has 0 rings (SSSR count). The molecule has 0 spiro atoms. The van der Waals surface area contributed by atoms with Crippen LogP contribution in [0.1, 0.15) is 303 Å². The molecule has 1 unspecified atom stereocenters. The number of hydrogen-bond acceptors (Lipinski definition) is 6. The lowest BCUT2D eigenvalue weighted by Crippen LogP contribution is -2.30. The second-order valence-corrected chi connectivity index (χ2v) is 19.2. The first-order chi connectivity index (χ1) is 32.0. The quantitative estimate of drug-likeness (QED) is 0.0199. The molecule has 0 aromatic rings. The van der Waals surface area contributed by atoms with Crippen LogP contribution in [0.25, 0.3) is 0 Å². The minimum Gasteiger partial charge on any atom is -0.462 e. The topological polar surface area (TPSA) is 78.9 Å². The molecule has 0 radical (unpaired) electrons. The highest BCUT2D eigenvalue weighted by atomic mass is 16.6. The van der Waals surface area contributed by atoms with Crippen LogP contribution in [-0.2, 0) is 28.6 Å². The smallest absolute Gasteiger partial charge is 0.306 e. The van der Waals surface area contributed by atoms with Crippen molar-refractivity contribution in [2.75, 3.05) is 13.2 Å². The van der Waals surface area contributed by atoms with E-state index in [-0.39, 0.29) is 31.1 Å². The Kier molecular flexibility index (Phi) is 52.3. The number of unbranched alkanes of at least 4 members (excludes halogenated alkanes) is 36. The zero-order valence-electron chi connectivity index (χ0n) is 43.5. The van der Waals surface area contributed by atoms with E-state index in [4.69, 9.17) is 14.2 Å². The van der Waals surface area contributed by atoms with Crippen molar-refractivity contribution in [3.05, 3.63) is 36.5 Å². The molecule has 0 amide bonds. The molecule has 0 saturated heterocycles. The van der Waals surface area contributed by atoms with E-state index in [2.05, 4.69) is 57.2 Å². The Morgan fingerprint density at radius 3 is 0.908 bits per heavy atom. The van der Waals surface area contributed by atoms with Gasteiger partial charge in [0.1, 0.15) is 13.2 Å². The van der Waals surface area contributed by atoms with Crippen molar-refractivity contribution < 1.29 is 28.6 Å². The fourth-order valence-electron chi connectivity index (χ4n) is 8.31. The molecular formula is C59H108O6. The molecule has 380 valence electrons. The van der Waals surface area contributed by atoms with Crippen molar-refractivity contribution in [3.63, 3.8) is 0 Å². The van der Waals surface area contributed by atoms with Crippen LogP contribution in [0, 0.1) is 0 Å². The van der Waals surface area contributed by atoms with Gasteiger partial charge < -0.3 is 14.2 Å². The van der Waals surface area contributed by atoms with Gasteiger partial charge in [-0.15, -0.1) is 0 Å². The minimum atomic E-state index is -0.781. The number of esters is 3. The van der Waals surface area contributed by atoms with E-state index in [0.29, 0.717) is 19.3 Å². The molecular weight excluding hydrogens is 805 g/mol. The van der Waals surface area contributed by atoms with Crippen LogP contribution in [0.4, 0.5) is 0 Å². The molecule has 1 atom stereocenters. The van der Waals surface area contributed by atoms with Gasteiger partial charge in [-0.1, -0.05) is 250 Å². The maximum absolute atomic E-state index is 12.8. The van der Waals surface area contributed by atoms with Crippen molar-refractivity contribution in [2.24, 2.45) is 0 Å². The first-order valence-corrected chi connectivity index (χ1v) is 28.5. The summed E-state index contributed by atoms with van der Waals surface area (Å²) in [5, 5.41) is 0. The molecule has 0 aromatic carbocycles. The van der Waals surface area contributed by atoms with Crippen LogP contribution in [-0.4, -0.2) is 37.2 Å². The first kappa shape index (κ1) is 62.6. The number of hydrogen-bond donors (Lipinski definition) is 0. The normalized spacial score (nSPS) is 12.2. The van der Waals surface area contributed by atoms with E-state index in [0.717, 1.165) is 77.0 Å². The summed E-state index contributed by atoms with van der Waals surface area (Å²) in [4.78, 5) is 38.1. The minimum absolute atomic E-state index is 0.0782. The molecule has 6 nitrogen and oxygen atoms in total. The van der Waals surface area contributed by atoms with Crippen LogP contribution in [0.3, 0.4) is 0 Å². The average molecular weight is 914 g/mol. The summed E-state index contributed by atoms with van der Waals surface area (Å²) < 4.78 is 16.8. The Balaban J connectivity index is 4.34. The van der Waals surface area contributed by atoms with Gasteiger partial charge in [0.05, 0.1) is 0 Å². The molecule has 0 aliphatic rings. The monoisotopic (exact) mass is 913 g/mol. The number of ether oxygens (including phenoxy) is 3. The average Bonchev–Trinajstić information content (AvgIpc) is 3.30. The summed E-state index contributed by atoms with van der Waals surface area (Å²) in [5.41, 5.74) is 0. The number of carbonyl (C=O) groups excluding carboxylic acids is 3. The Bertz CT molecular complexity index is 1090. The van der Waals surface area contributed by atoms with Crippen molar-refractivity contribution in [2.45, 2.75) is 309 Å². The van der Waals surface area contributed by atoms with E-state index >= 15 is 0 Å². The zero-order chi connectivity index (χ0) is 47.2. The van der Waals surface area contributed by atoms with Crippen molar-refractivity contribution >= 4 is 17.9 Å². The fraction of sp³-hybridized carbons (Fsp3) is 0.847. The predicted molar refractivity (Wildman–Crippen MR) is 279 cm³/mol. The molecule has 0 fully saturated rings. The molecule has 0 N–H and O–H groups in total. The molecule has 0 aromatic heterocycles. The van der Waals surface area contributed by atoms with Gasteiger partial charge in [0.2, 0.25) is 0 Å². The Morgan fingerprint density at radius 1 is 0.308 bits per heavy atom. The van der Waals surface area contributed by atoms with Gasteiger partial charge in [-0.2, -0.15) is 0 Å². The lowest BCUT2D eigenvalue weighted by atomic mass is 10.0. The summed E-state index contributed by atoms with van der Waals surface area (Å²) >= 11 is 0. The zero-order valence-corrected chi connectivity index (χ0v) is 43.5. The number of carbonyl (C=O) groups is 3. The van der Waals surface area contributed by atoms with E-state index in [1.54, 1.807) is 0 Å². The van der Waals surface area contributed by atoms with Crippen LogP contribution < -0.4 is 0 Å². The van der Waals surface area contributed by atoms with Gasteiger partial charge >= 0.3 is 17.9 Å². The molecule has 0 aliphatic carbocycles. The second kappa shape index (κ2) is 54.2. The molecule has 0 bridgehead atoms. The van der Waals surface area contributed by atoms with Crippen LogP contribution in [0.5, 0.6) is 0 Å². The fourth-order valence-corrected chi connectivity index (χ4v) is 8.31. The third-order valence-electron chi connectivity index (χ3n) is 12.6. The highest BCUT2D eigenvalue weighted by Gasteiger charge is 2.19. The summed E-state index contributed by atoms with van der Waals surface area (Å²) in [6.07, 6.45) is 64.2. The highest BCUT2D eigenvalue weighted by Crippen LogP contribution is 2.16. The van der Waals surface area contributed by atoms with E-state index in [1.807, 2.05) is 0 Å². The second-order valence-electron chi connectivity index (χ2n) is 19.2. The molecule has 6 heteroatoms.